The molecule has 3 aromatic rings. The molecule has 30 heavy (non-hydrogen) atoms. The fourth-order valence-corrected chi connectivity index (χ4v) is 4.59. The van der Waals surface area contributed by atoms with Crippen LogP contribution in [0.1, 0.15) is 55.5 Å². The number of amides is 1. The van der Waals surface area contributed by atoms with Crippen molar-refractivity contribution in [3.63, 3.8) is 0 Å². The van der Waals surface area contributed by atoms with Crippen molar-refractivity contribution in [3.05, 3.63) is 77.8 Å². The van der Waals surface area contributed by atoms with Gasteiger partial charge in [-0.1, -0.05) is 67.1 Å². The Morgan fingerprint density at radius 1 is 1.17 bits per heavy atom. The first-order chi connectivity index (χ1) is 14.7. The molecule has 0 unspecified atom stereocenters. The molecule has 2 heterocycles. The molecule has 1 aliphatic rings. The summed E-state index contributed by atoms with van der Waals surface area (Å²) in [6.07, 6.45) is 5.93. The lowest BCUT2D eigenvalue weighted by atomic mass is 9.87. The highest BCUT2D eigenvalue weighted by Crippen LogP contribution is 2.34. The first-order valence-electron chi connectivity index (χ1n) is 11.0. The number of hydrogen-bond donors (Lipinski definition) is 0. The van der Waals surface area contributed by atoms with Gasteiger partial charge in [-0.2, -0.15) is 0 Å². The minimum absolute atomic E-state index is 0.210. The maximum Gasteiger partial charge on any atom is 0.223 e. The fraction of sp³-hybridized carbons (Fsp3) is 0.385. The maximum absolute atomic E-state index is 13.1. The average Bonchev–Trinajstić information content (AvgIpc) is 3.44. The van der Waals surface area contributed by atoms with Crippen molar-refractivity contribution in [1.82, 2.24) is 9.88 Å². The summed E-state index contributed by atoms with van der Waals surface area (Å²) in [5.41, 5.74) is 3.56. The molecule has 0 saturated carbocycles. The quantitative estimate of drug-likeness (QED) is 0.504. The average molecular weight is 403 g/mol. The molecular weight excluding hydrogens is 372 g/mol. The Morgan fingerprint density at radius 2 is 1.93 bits per heavy atom. The molecule has 4 rings (SSSR count). The van der Waals surface area contributed by atoms with Crippen LogP contribution in [0, 0.1) is 6.92 Å². The van der Waals surface area contributed by atoms with E-state index in [9.17, 15) is 4.79 Å². The number of oxazole rings is 1. The number of carbonyl (C=O) groups excluding carboxylic acids is 1. The van der Waals surface area contributed by atoms with Crippen LogP contribution in [0.25, 0.3) is 11.3 Å². The maximum atomic E-state index is 13.1. The summed E-state index contributed by atoms with van der Waals surface area (Å²) in [6, 6.07) is 19.1. The molecule has 0 aliphatic carbocycles. The van der Waals surface area contributed by atoms with Crippen LogP contribution in [-0.4, -0.2) is 28.4 Å². The molecular formula is C26H30N2O2. The summed E-state index contributed by atoms with van der Waals surface area (Å²) < 4.78 is 5.91. The number of aryl methyl sites for hydroxylation is 2. The van der Waals surface area contributed by atoms with Crippen molar-refractivity contribution in [1.29, 1.82) is 0 Å². The highest BCUT2D eigenvalue weighted by molar-refractivity contribution is 5.77. The van der Waals surface area contributed by atoms with Gasteiger partial charge in [-0.15, -0.1) is 0 Å². The van der Waals surface area contributed by atoms with E-state index in [0.717, 1.165) is 37.1 Å². The molecule has 0 N–H and O–H groups in total. The molecule has 4 heteroatoms. The van der Waals surface area contributed by atoms with E-state index in [2.05, 4.69) is 66.2 Å². The van der Waals surface area contributed by atoms with Crippen molar-refractivity contribution in [3.8, 4) is 11.3 Å². The zero-order valence-electron chi connectivity index (χ0n) is 17.9. The third-order valence-corrected chi connectivity index (χ3v) is 6.19. The number of likely N-dealkylation sites (tertiary alicyclic amines) is 1. The first kappa shape index (κ1) is 20.4. The van der Waals surface area contributed by atoms with E-state index in [1.165, 1.54) is 11.1 Å². The SMILES string of the molecule is CC[C@H](c1ccccc1)[C@@H]1CCCN1C(=O)CCc1ncc(-c2ccc(C)cc2)o1. The lowest BCUT2D eigenvalue weighted by molar-refractivity contribution is -0.132. The van der Waals surface area contributed by atoms with Crippen LogP contribution in [0.15, 0.2) is 65.2 Å². The number of benzene rings is 2. The van der Waals surface area contributed by atoms with Crippen LogP contribution in [0.5, 0.6) is 0 Å². The summed E-state index contributed by atoms with van der Waals surface area (Å²) >= 11 is 0. The Morgan fingerprint density at radius 3 is 2.67 bits per heavy atom. The number of aromatic nitrogens is 1. The minimum Gasteiger partial charge on any atom is -0.441 e. The molecule has 1 amide bonds. The second kappa shape index (κ2) is 9.29. The molecule has 2 atom stereocenters. The van der Waals surface area contributed by atoms with Crippen LogP contribution in [0.2, 0.25) is 0 Å². The molecule has 0 radical (unpaired) electrons. The van der Waals surface area contributed by atoms with Crippen LogP contribution in [0.3, 0.4) is 0 Å². The van der Waals surface area contributed by atoms with Gasteiger partial charge in [-0.25, -0.2) is 4.98 Å². The number of nitrogens with zero attached hydrogens (tertiary/aromatic N) is 2. The summed E-state index contributed by atoms with van der Waals surface area (Å²) in [5.74, 6) is 1.99. The van der Waals surface area contributed by atoms with E-state index < -0.39 is 0 Å². The summed E-state index contributed by atoms with van der Waals surface area (Å²) in [4.78, 5) is 19.5. The van der Waals surface area contributed by atoms with Crippen LogP contribution >= 0.6 is 0 Å². The van der Waals surface area contributed by atoms with E-state index in [4.69, 9.17) is 4.42 Å². The van der Waals surface area contributed by atoms with Crippen LogP contribution < -0.4 is 0 Å². The van der Waals surface area contributed by atoms with E-state index in [0.29, 0.717) is 24.7 Å². The summed E-state index contributed by atoms with van der Waals surface area (Å²) in [7, 11) is 0. The highest BCUT2D eigenvalue weighted by Gasteiger charge is 2.34. The predicted octanol–water partition coefficient (Wildman–Crippen LogP) is 5.77. The van der Waals surface area contributed by atoms with Gasteiger partial charge >= 0.3 is 0 Å². The third-order valence-electron chi connectivity index (χ3n) is 6.19. The number of hydrogen-bond acceptors (Lipinski definition) is 3. The van der Waals surface area contributed by atoms with E-state index >= 15 is 0 Å². The standard InChI is InChI=1S/C26H30N2O2/c1-3-22(20-8-5-4-6-9-20)23-10-7-17-28(23)26(29)16-15-25-27-18-24(30-25)21-13-11-19(2)12-14-21/h4-6,8-9,11-14,18,22-23H,3,7,10,15-17H2,1-2H3/t22-,23+/m1/s1. The van der Waals surface area contributed by atoms with Gasteiger partial charge in [0, 0.05) is 36.9 Å². The Hall–Kier alpha value is -2.88. The Bertz CT molecular complexity index is 962. The zero-order chi connectivity index (χ0) is 20.9. The lowest BCUT2D eigenvalue weighted by Gasteiger charge is -2.31. The van der Waals surface area contributed by atoms with Gasteiger partial charge < -0.3 is 9.32 Å². The Kier molecular flexibility index (Phi) is 6.32. The largest absolute Gasteiger partial charge is 0.441 e. The van der Waals surface area contributed by atoms with Crippen LogP contribution in [0.4, 0.5) is 0 Å². The Balaban J connectivity index is 1.39. The van der Waals surface area contributed by atoms with Gasteiger partial charge in [0.15, 0.2) is 11.7 Å². The van der Waals surface area contributed by atoms with Gasteiger partial charge in [0.1, 0.15) is 0 Å². The van der Waals surface area contributed by atoms with Crippen molar-refractivity contribution < 1.29 is 9.21 Å². The van der Waals surface area contributed by atoms with E-state index in [1.54, 1.807) is 6.20 Å². The molecule has 1 aromatic heterocycles. The fourth-order valence-electron chi connectivity index (χ4n) is 4.59. The topological polar surface area (TPSA) is 46.3 Å². The van der Waals surface area contributed by atoms with Crippen LogP contribution in [-0.2, 0) is 11.2 Å². The zero-order valence-corrected chi connectivity index (χ0v) is 17.9. The van der Waals surface area contributed by atoms with Crippen molar-refractivity contribution in [2.24, 2.45) is 0 Å². The smallest absolute Gasteiger partial charge is 0.223 e. The molecule has 156 valence electrons. The van der Waals surface area contributed by atoms with E-state index in [-0.39, 0.29) is 11.9 Å². The molecule has 2 aromatic carbocycles. The molecule has 1 fully saturated rings. The third kappa shape index (κ3) is 4.48. The van der Waals surface area contributed by atoms with Crippen molar-refractivity contribution >= 4 is 5.91 Å². The normalized spacial score (nSPS) is 17.3. The van der Waals surface area contributed by atoms with Gasteiger partial charge in [0.25, 0.3) is 0 Å². The molecule has 1 aliphatic heterocycles. The Labute approximate surface area is 178 Å². The molecule has 4 nitrogen and oxygen atoms in total. The van der Waals surface area contributed by atoms with Gasteiger partial charge in [-0.3, -0.25) is 4.79 Å². The predicted molar refractivity (Wildman–Crippen MR) is 119 cm³/mol. The molecule has 0 spiro atoms. The molecule has 0 bridgehead atoms. The first-order valence-corrected chi connectivity index (χ1v) is 11.0. The molecule has 1 saturated heterocycles. The monoisotopic (exact) mass is 402 g/mol. The summed E-state index contributed by atoms with van der Waals surface area (Å²) in [5, 5.41) is 0. The van der Waals surface area contributed by atoms with Gasteiger partial charge in [-0.05, 0) is 31.7 Å². The van der Waals surface area contributed by atoms with E-state index in [1.807, 2.05) is 12.1 Å². The highest BCUT2D eigenvalue weighted by atomic mass is 16.4. The summed E-state index contributed by atoms with van der Waals surface area (Å²) in [6.45, 7) is 5.14. The van der Waals surface area contributed by atoms with Gasteiger partial charge in [0.2, 0.25) is 5.91 Å². The number of rotatable bonds is 7. The van der Waals surface area contributed by atoms with Gasteiger partial charge in [0.05, 0.1) is 6.20 Å². The second-order valence-corrected chi connectivity index (χ2v) is 8.21. The number of carbonyl (C=O) groups is 1. The van der Waals surface area contributed by atoms with Crippen molar-refractivity contribution in [2.75, 3.05) is 6.54 Å². The lowest BCUT2D eigenvalue weighted by Crippen LogP contribution is -2.39. The minimum atomic E-state index is 0.210. The second-order valence-electron chi connectivity index (χ2n) is 8.21. The van der Waals surface area contributed by atoms with Crippen molar-refractivity contribution in [2.45, 2.75) is 57.9 Å².